The zero-order valence-electron chi connectivity index (χ0n) is 12.5. The van der Waals surface area contributed by atoms with Gasteiger partial charge >= 0.3 is 0 Å². The highest BCUT2D eigenvalue weighted by Gasteiger charge is 2.21. The van der Waals surface area contributed by atoms with Crippen molar-refractivity contribution in [2.45, 2.75) is 6.54 Å². The fourth-order valence-corrected chi connectivity index (χ4v) is 2.87. The standard InChI is InChI=1S/C17H15Cl2NO3/c1-20(10-11-4-2-3-5-13(11)18)17(21)12-8-14(19)16-15(9-12)22-6-7-23-16/h2-5,8-9H,6-7,10H2,1H3. The first kappa shape index (κ1) is 16.0. The summed E-state index contributed by atoms with van der Waals surface area (Å²) < 4.78 is 11.0. The zero-order valence-corrected chi connectivity index (χ0v) is 14.0. The molecular weight excluding hydrogens is 337 g/mol. The molecule has 0 spiro atoms. The Morgan fingerprint density at radius 3 is 2.65 bits per heavy atom. The normalized spacial score (nSPS) is 12.8. The van der Waals surface area contributed by atoms with Crippen molar-refractivity contribution < 1.29 is 14.3 Å². The predicted molar refractivity (Wildman–Crippen MR) is 89.7 cm³/mol. The van der Waals surface area contributed by atoms with Crippen LogP contribution in [-0.4, -0.2) is 31.1 Å². The number of rotatable bonds is 3. The summed E-state index contributed by atoms with van der Waals surface area (Å²) in [6, 6.07) is 10.7. The molecule has 0 aliphatic carbocycles. The maximum absolute atomic E-state index is 12.6. The molecule has 1 aliphatic rings. The van der Waals surface area contributed by atoms with Gasteiger partial charge in [0.15, 0.2) is 11.5 Å². The average molecular weight is 352 g/mol. The fraction of sp³-hybridized carbons (Fsp3) is 0.235. The fourth-order valence-electron chi connectivity index (χ4n) is 2.41. The Balaban J connectivity index is 1.82. The van der Waals surface area contributed by atoms with E-state index in [2.05, 4.69) is 0 Å². The van der Waals surface area contributed by atoms with Gasteiger partial charge in [-0.2, -0.15) is 0 Å². The lowest BCUT2D eigenvalue weighted by molar-refractivity contribution is 0.0784. The molecule has 0 aromatic heterocycles. The molecule has 1 heterocycles. The molecule has 4 nitrogen and oxygen atoms in total. The summed E-state index contributed by atoms with van der Waals surface area (Å²) in [6.45, 7) is 1.30. The van der Waals surface area contributed by atoms with Gasteiger partial charge in [-0.3, -0.25) is 4.79 Å². The minimum absolute atomic E-state index is 0.163. The largest absolute Gasteiger partial charge is 0.486 e. The minimum Gasteiger partial charge on any atom is -0.486 e. The van der Waals surface area contributed by atoms with Crippen molar-refractivity contribution >= 4 is 29.1 Å². The summed E-state index contributed by atoms with van der Waals surface area (Å²) >= 11 is 12.3. The van der Waals surface area contributed by atoms with Crippen LogP contribution in [0.5, 0.6) is 11.5 Å². The number of nitrogens with zero attached hydrogens (tertiary/aromatic N) is 1. The SMILES string of the molecule is CN(Cc1ccccc1Cl)C(=O)c1cc(Cl)c2c(c1)OCCO2. The Labute approximate surface area is 144 Å². The monoisotopic (exact) mass is 351 g/mol. The molecule has 2 aromatic rings. The van der Waals surface area contributed by atoms with Crippen molar-refractivity contribution in [1.82, 2.24) is 4.90 Å². The van der Waals surface area contributed by atoms with E-state index in [1.165, 1.54) is 0 Å². The Bertz CT molecular complexity index is 749. The van der Waals surface area contributed by atoms with Crippen molar-refractivity contribution in [1.29, 1.82) is 0 Å². The molecule has 0 bridgehead atoms. The molecule has 1 amide bonds. The maximum atomic E-state index is 12.6. The number of hydrogen-bond acceptors (Lipinski definition) is 3. The number of fused-ring (bicyclic) bond motifs is 1. The first-order chi connectivity index (χ1) is 11.1. The molecule has 6 heteroatoms. The highest BCUT2D eigenvalue weighted by atomic mass is 35.5. The van der Waals surface area contributed by atoms with E-state index in [9.17, 15) is 4.79 Å². The number of carbonyl (C=O) groups is 1. The van der Waals surface area contributed by atoms with Crippen LogP contribution in [-0.2, 0) is 6.54 Å². The van der Waals surface area contributed by atoms with Crippen LogP contribution in [0.3, 0.4) is 0 Å². The van der Waals surface area contributed by atoms with Gasteiger partial charge in [0.05, 0.1) is 5.02 Å². The van der Waals surface area contributed by atoms with Crippen molar-refractivity contribution in [3.8, 4) is 11.5 Å². The Hall–Kier alpha value is -1.91. The summed E-state index contributed by atoms with van der Waals surface area (Å²) in [4.78, 5) is 14.2. The van der Waals surface area contributed by atoms with Crippen LogP contribution in [0.2, 0.25) is 10.0 Å². The minimum atomic E-state index is -0.163. The number of carbonyl (C=O) groups excluding carboxylic acids is 1. The van der Waals surface area contributed by atoms with Crippen LogP contribution >= 0.6 is 23.2 Å². The van der Waals surface area contributed by atoms with Gasteiger partial charge in [0.2, 0.25) is 0 Å². The quantitative estimate of drug-likeness (QED) is 0.837. The number of halogens is 2. The second-order valence-corrected chi connectivity index (χ2v) is 6.05. The van der Waals surface area contributed by atoms with Crippen LogP contribution in [0, 0.1) is 0 Å². The van der Waals surface area contributed by atoms with Crippen LogP contribution in [0.4, 0.5) is 0 Å². The van der Waals surface area contributed by atoms with Gasteiger partial charge in [-0.05, 0) is 23.8 Å². The molecule has 0 unspecified atom stereocenters. The molecule has 3 rings (SSSR count). The first-order valence-corrected chi connectivity index (χ1v) is 7.90. The van der Waals surface area contributed by atoms with E-state index in [0.29, 0.717) is 46.9 Å². The van der Waals surface area contributed by atoms with Crippen LogP contribution in [0.1, 0.15) is 15.9 Å². The predicted octanol–water partition coefficient (Wildman–Crippen LogP) is 4.04. The average Bonchev–Trinajstić information content (AvgIpc) is 2.56. The molecule has 120 valence electrons. The van der Waals surface area contributed by atoms with Gasteiger partial charge in [0.25, 0.3) is 5.91 Å². The molecule has 1 aliphatic heterocycles. The Kier molecular flexibility index (Phi) is 4.64. The molecule has 0 atom stereocenters. The van der Waals surface area contributed by atoms with E-state index in [1.54, 1.807) is 30.1 Å². The van der Waals surface area contributed by atoms with Gasteiger partial charge in [0.1, 0.15) is 13.2 Å². The molecule has 0 saturated carbocycles. The van der Waals surface area contributed by atoms with Crippen molar-refractivity contribution in [3.05, 3.63) is 57.6 Å². The van der Waals surface area contributed by atoms with Crippen molar-refractivity contribution in [3.63, 3.8) is 0 Å². The maximum Gasteiger partial charge on any atom is 0.254 e. The third-order valence-electron chi connectivity index (χ3n) is 3.56. The van der Waals surface area contributed by atoms with Crippen LogP contribution in [0.25, 0.3) is 0 Å². The summed E-state index contributed by atoms with van der Waals surface area (Å²) in [5.41, 5.74) is 1.34. The van der Waals surface area contributed by atoms with Gasteiger partial charge < -0.3 is 14.4 Å². The van der Waals surface area contributed by atoms with E-state index in [1.807, 2.05) is 18.2 Å². The third-order valence-corrected chi connectivity index (χ3v) is 4.21. The summed E-state index contributed by atoms with van der Waals surface area (Å²) in [7, 11) is 1.72. The number of hydrogen-bond donors (Lipinski definition) is 0. The molecule has 0 fully saturated rings. The third kappa shape index (κ3) is 3.38. The van der Waals surface area contributed by atoms with E-state index >= 15 is 0 Å². The first-order valence-electron chi connectivity index (χ1n) is 7.14. The lowest BCUT2D eigenvalue weighted by Gasteiger charge is -2.22. The van der Waals surface area contributed by atoms with E-state index < -0.39 is 0 Å². The van der Waals surface area contributed by atoms with E-state index in [-0.39, 0.29) is 5.91 Å². The number of ether oxygens (including phenoxy) is 2. The lowest BCUT2D eigenvalue weighted by atomic mass is 10.1. The van der Waals surface area contributed by atoms with Crippen molar-refractivity contribution in [2.24, 2.45) is 0 Å². The molecule has 0 N–H and O–H groups in total. The highest BCUT2D eigenvalue weighted by Crippen LogP contribution is 2.38. The summed E-state index contributed by atoms with van der Waals surface area (Å²) in [5.74, 6) is 0.824. The molecule has 0 radical (unpaired) electrons. The molecular formula is C17H15Cl2NO3. The van der Waals surface area contributed by atoms with Crippen LogP contribution in [0.15, 0.2) is 36.4 Å². The molecule has 23 heavy (non-hydrogen) atoms. The number of benzene rings is 2. The molecule has 2 aromatic carbocycles. The summed E-state index contributed by atoms with van der Waals surface area (Å²) in [6.07, 6.45) is 0. The van der Waals surface area contributed by atoms with Gasteiger partial charge in [-0.1, -0.05) is 41.4 Å². The van der Waals surface area contributed by atoms with E-state index in [0.717, 1.165) is 5.56 Å². The van der Waals surface area contributed by atoms with Gasteiger partial charge in [-0.15, -0.1) is 0 Å². The second-order valence-electron chi connectivity index (χ2n) is 5.23. The van der Waals surface area contributed by atoms with Crippen LogP contribution < -0.4 is 9.47 Å². The molecule has 0 saturated heterocycles. The van der Waals surface area contributed by atoms with Crippen molar-refractivity contribution in [2.75, 3.05) is 20.3 Å². The number of amides is 1. The van der Waals surface area contributed by atoms with Gasteiger partial charge in [-0.25, -0.2) is 0 Å². The topological polar surface area (TPSA) is 38.8 Å². The van der Waals surface area contributed by atoms with Gasteiger partial charge in [0, 0.05) is 24.2 Å². The highest BCUT2D eigenvalue weighted by molar-refractivity contribution is 6.32. The zero-order chi connectivity index (χ0) is 16.4. The smallest absolute Gasteiger partial charge is 0.254 e. The van der Waals surface area contributed by atoms with E-state index in [4.69, 9.17) is 32.7 Å². The Morgan fingerprint density at radius 1 is 1.13 bits per heavy atom. The Morgan fingerprint density at radius 2 is 1.87 bits per heavy atom. The second kappa shape index (κ2) is 6.69. The summed E-state index contributed by atoms with van der Waals surface area (Å²) in [5, 5.41) is 1.00. The lowest BCUT2D eigenvalue weighted by Crippen LogP contribution is -2.26.